The standard InChI is InChI=1S/C13H20BrN3O/c1-3-9-4-6-10(7-5-9)16-11-8-15-17(2)13(18)12(11)14/h8-10,16H,3-7H2,1-2H3. The minimum Gasteiger partial charge on any atom is -0.380 e. The Kier molecular flexibility index (Phi) is 4.43. The molecule has 1 aromatic rings. The summed E-state index contributed by atoms with van der Waals surface area (Å²) in [6.45, 7) is 2.26. The zero-order chi connectivity index (χ0) is 13.1. The molecule has 0 bridgehead atoms. The highest BCUT2D eigenvalue weighted by Crippen LogP contribution is 2.29. The molecule has 0 amide bonds. The Morgan fingerprint density at radius 2 is 2.11 bits per heavy atom. The number of nitrogens with zero attached hydrogens (tertiary/aromatic N) is 2. The van der Waals surface area contributed by atoms with E-state index in [0.29, 0.717) is 10.5 Å². The second-order valence-electron chi connectivity index (χ2n) is 5.07. The zero-order valence-corrected chi connectivity index (χ0v) is 12.5. The molecule has 0 unspecified atom stereocenters. The Morgan fingerprint density at radius 3 is 2.72 bits per heavy atom. The summed E-state index contributed by atoms with van der Waals surface area (Å²) in [4.78, 5) is 11.7. The molecule has 0 spiro atoms. The molecule has 0 aliphatic heterocycles. The number of rotatable bonds is 3. The summed E-state index contributed by atoms with van der Waals surface area (Å²) in [6, 6.07) is 0.470. The van der Waals surface area contributed by atoms with Crippen molar-refractivity contribution in [3.05, 3.63) is 21.0 Å². The van der Waals surface area contributed by atoms with Crippen LogP contribution in [0.15, 0.2) is 15.5 Å². The molecule has 5 heteroatoms. The van der Waals surface area contributed by atoms with E-state index in [1.165, 1.54) is 36.8 Å². The van der Waals surface area contributed by atoms with Crippen LogP contribution in [0.4, 0.5) is 5.69 Å². The highest BCUT2D eigenvalue weighted by atomic mass is 79.9. The molecule has 100 valence electrons. The van der Waals surface area contributed by atoms with E-state index in [-0.39, 0.29) is 5.56 Å². The molecule has 1 fully saturated rings. The van der Waals surface area contributed by atoms with E-state index in [1.54, 1.807) is 13.2 Å². The van der Waals surface area contributed by atoms with Crippen molar-refractivity contribution in [2.24, 2.45) is 13.0 Å². The molecule has 2 rings (SSSR count). The van der Waals surface area contributed by atoms with Gasteiger partial charge in [0, 0.05) is 13.1 Å². The van der Waals surface area contributed by atoms with Gasteiger partial charge in [-0.15, -0.1) is 0 Å². The van der Waals surface area contributed by atoms with Crippen molar-refractivity contribution in [3.8, 4) is 0 Å². The summed E-state index contributed by atoms with van der Waals surface area (Å²) in [5.41, 5.74) is 0.722. The molecule has 0 saturated heterocycles. The normalized spacial score (nSPS) is 23.9. The lowest BCUT2D eigenvalue weighted by Gasteiger charge is -2.29. The molecule has 4 nitrogen and oxygen atoms in total. The van der Waals surface area contributed by atoms with Gasteiger partial charge in [0.15, 0.2) is 0 Å². The first-order chi connectivity index (χ1) is 8.61. The first-order valence-electron chi connectivity index (χ1n) is 6.60. The Balaban J connectivity index is 2.03. The van der Waals surface area contributed by atoms with E-state index < -0.39 is 0 Å². The van der Waals surface area contributed by atoms with Gasteiger partial charge in [-0.3, -0.25) is 4.79 Å². The third kappa shape index (κ3) is 2.94. The second kappa shape index (κ2) is 5.87. The largest absolute Gasteiger partial charge is 0.380 e. The van der Waals surface area contributed by atoms with Crippen molar-refractivity contribution in [2.75, 3.05) is 5.32 Å². The monoisotopic (exact) mass is 313 g/mol. The maximum absolute atomic E-state index is 11.7. The van der Waals surface area contributed by atoms with Gasteiger partial charge in [-0.25, -0.2) is 4.68 Å². The SMILES string of the molecule is CCC1CCC(Nc2cnn(C)c(=O)c2Br)CC1. The Morgan fingerprint density at radius 1 is 1.44 bits per heavy atom. The molecule has 1 aromatic heterocycles. The van der Waals surface area contributed by atoms with Crippen molar-refractivity contribution < 1.29 is 0 Å². The fourth-order valence-electron chi connectivity index (χ4n) is 2.55. The molecule has 1 heterocycles. The minimum atomic E-state index is -0.0951. The lowest BCUT2D eigenvalue weighted by molar-refractivity contribution is 0.330. The predicted molar refractivity (Wildman–Crippen MR) is 76.8 cm³/mol. The molecular weight excluding hydrogens is 294 g/mol. The lowest BCUT2D eigenvalue weighted by Crippen LogP contribution is -2.28. The molecular formula is C13H20BrN3O. The van der Waals surface area contributed by atoms with E-state index in [1.807, 2.05) is 0 Å². The van der Waals surface area contributed by atoms with E-state index in [0.717, 1.165) is 11.6 Å². The van der Waals surface area contributed by atoms with Gasteiger partial charge in [0.25, 0.3) is 5.56 Å². The third-order valence-corrected chi connectivity index (χ3v) is 4.63. The Labute approximate surface area is 116 Å². The maximum atomic E-state index is 11.7. The van der Waals surface area contributed by atoms with Crippen molar-refractivity contribution >= 4 is 21.6 Å². The van der Waals surface area contributed by atoms with Crippen LogP contribution in [0.1, 0.15) is 39.0 Å². The summed E-state index contributed by atoms with van der Waals surface area (Å²) in [5, 5.41) is 7.49. The summed E-state index contributed by atoms with van der Waals surface area (Å²) < 4.78 is 1.92. The van der Waals surface area contributed by atoms with Gasteiger partial charge in [-0.05, 0) is 47.5 Å². The number of anilines is 1. The smallest absolute Gasteiger partial charge is 0.282 e. The molecule has 0 radical (unpaired) electrons. The van der Waals surface area contributed by atoms with Gasteiger partial charge >= 0.3 is 0 Å². The first kappa shape index (κ1) is 13.6. The van der Waals surface area contributed by atoms with Gasteiger partial charge in [0.05, 0.1) is 11.9 Å². The van der Waals surface area contributed by atoms with E-state index in [2.05, 4.69) is 33.3 Å². The second-order valence-corrected chi connectivity index (χ2v) is 5.86. The maximum Gasteiger partial charge on any atom is 0.282 e. The topological polar surface area (TPSA) is 46.9 Å². The molecule has 0 atom stereocenters. The van der Waals surface area contributed by atoms with Crippen molar-refractivity contribution in [1.29, 1.82) is 0 Å². The number of nitrogens with one attached hydrogen (secondary N) is 1. The first-order valence-corrected chi connectivity index (χ1v) is 7.39. The number of hydrogen-bond donors (Lipinski definition) is 1. The van der Waals surface area contributed by atoms with Crippen LogP contribution < -0.4 is 10.9 Å². The highest BCUT2D eigenvalue weighted by molar-refractivity contribution is 9.10. The lowest BCUT2D eigenvalue weighted by atomic mass is 9.84. The summed E-state index contributed by atoms with van der Waals surface area (Å²) in [7, 11) is 1.66. The van der Waals surface area contributed by atoms with Crippen LogP contribution in [0.25, 0.3) is 0 Å². The fraction of sp³-hybridized carbons (Fsp3) is 0.692. The van der Waals surface area contributed by atoms with Crippen molar-refractivity contribution in [2.45, 2.75) is 45.1 Å². The summed E-state index contributed by atoms with van der Waals surface area (Å²) >= 11 is 3.35. The van der Waals surface area contributed by atoms with Gasteiger partial charge in [0.2, 0.25) is 0 Å². The average Bonchev–Trinajstić information content (AvgIpc) is 2.40. The van der Waals surface area contributed by atoms with Crippen LogP contribution in [-0.2, 0) is 7.05 Å². The van der Waals surface area contributed by atoms with Crippen LogP contribution in [0.3, 0.4) is 0 Å². The van der Waals surface area contributed by atoms with Crippen molar-refractivity contribution in [1.82, 2.24) is 9.78 Å². The van der Waals surface area contributed by atoms with Crippen molar-refractivity contribution in [3.63, 3.8) is 0 Å². The number of halogens is 1. The Bertz CT molecular complexity index is 464. The van der Waals surface area contributed by atoms with E-state index in [4.69, 9.17) is 0 Å². The number of hydrogen-bond acceptors (Lipinski definition) is 3. The van der Waals surface area contributed by atoms with Crippen LogP contribution in [-0.4, -0.2) is 15.8 Å². The zero-order valence-electron chi connectivity index (χ0n) is 10.9. The van der Waals surface area contributed by atoms with Crippen LogP contribution in [0.2, 0.25) is 0 Å². The molecule has 0 aromatic carbocycles. The summed E-state index contributed by atoms with van der Waals surface area (Å²) in [5.74, 6) is 0.883. The van der Waals surface area contributed by atoms with E-state index in [9.17, 15) is 4.79 Å². The van der Waals surface area contributed by atoms with Crippen LogP contribution in [0, 0.1) is 5.92 Å². The fourth-order valence-corrected chi connectivity index (χ4v) is 3.02. The molecule has 1 saturated carbocycles. The van der Waals surface area contributed by atoms with Crippen LogP contribution in [0.5, 0.6) is 0 Å². The minimum absolute atomic E-state index is 0.0951. The predicted octanol–water partition coefficient (Wildman–Crippen LogP) is 2.92. The average molecular weight is 314 g/mol. The van der Waals surface area contributed by atoms with Gasteiger partial charge in [-0.2, -0.15) is 5.10 Å². The van der Waals surface area contributed by atoms with E-state index >= 15 is 0 Å². The number of aromatic nitrogens is 2. The summed E-state index contributed by atoms with van der Waals surface area (Å²) in [6.07, 6.45) is 7.93. The van der Waals surface area contributed by atoms with Gasteiger partial charge < -0.3 is 5.32 Å². The Hall–Kier alpha value is -0.840. The molecule has 18 heavy (non-hydrogen) atoms. The van der Waals surface area contributed by atoms with Gasteiger partial charge in [-0.1, -0.05) is 13.3 Å². The quantitative estimate of drug-likeness (QED) is 0.933. The molecule has 1 N–H and O–H groups in total. The third-order valence-electron chi connectivity index (χ3n) is 3.86. The van der Waals surface area contributed by atoms with Crippen LogP contribution >= 0.6 is 15.9 Å². The molecule has 1 aliphatic carbocycles. The highest BCUT2D eigenvalue weighted by Gasteiger charge is 2.20. The van der Waals surface area contributed by atoms with Gasteiger partial charge in [0.1, 0.15) is 4.47 Å². The molecule has 1 aliphatic rings. The number of aryl methyl sites for hydroxylation is 1.